The van der Waals surface area contributed by atoms with Crippen molar-refractivity contribution in [2.24, 2.45) is 0 Å². The van der Waals surface area contributed by atoms with Gasteiger partial charge < -0.3 is 9.47 Å². The van der Waals surface area contributed by atoms with Crippen molar-refractivity contribution in [1.82, 2.24) is 0 Å². The van der Waals surface area contributed by atoms with Crippen LogP contribution in [0.15, 0.2) is 0 Å². The van der Waals surface area contributed by atoms with Crippen LogP contribution in [0, 0.1) is 0 Å². The molecule has 0 aliphatic heterocycles. The minimum absolute atomic E-state index is 0.0482. The monoisotopic (exact) mass is 340 g/mol. The first-order valence-electron chi connectivity index (χ1n) is 6.31. The number of hydrogen-bond acceptors (Lipinski definition) is 2. The number of ether oxygens (including phenoxy) is 2. The summed E-state index contributed by atoms with van der Waals surface area (Å²) in [6, 6.07) is 0. The molecule has 0 spiro atoms. The summed E-state index contributed by atoms with van der Waals surface area (Å²) in [7, 11) is 0. The summed E-state index contributed by atoms with van der Waals surface area (Å²) in [6.45, 7) is 7.70. The van der Waals surface area contributed by atoms with E-state index in [1.807, 2.05) is 0 Å². The van der Waals surface area contributed by atoms with Gasteiger partial charge in [0.2, 0.25) is 0 Å². The van der Waals surface area contributed by atoms with Gasteiger partial charge in [0.15, 0.2) is 0 Å². The van der Waals surface area contributed by atoms with E-state index < -0.39 is 0 Å². The maximum atomic E-state index is 6.08. The maximum absolute atomic E-state index is 6.08. The Hall–Kier alpha value is 0.650. The van der Waals surface area contributed by atoms with Crippen LogP contribution in [0.1, 0.15) is 52.9 Å². The summed E-state index contributed by atoms with van der Waals surface area (Å²) >= 11 is 2.46. The second kappa shape index (κ2) is 6.55. The maximum Gasteiger partial charge on any atom is 0.0772 e. The topological polar surface area (TPSA) is 18.5 Å². The van der Waals surface area contributed by atoms with Crippen LogP contribution in [0.5, 0.6) is 0 Å². The van der Waals surface area contributed by atoms with Crippen molar-refractivity contribution in [2.45, 2.75) is 64.1 Å². The number of hydrogen-bond donors (Lipinski definition) is 0. The molecular formula is C13H25IO2. The molecule has 1 saturated carbocycles. The van der Waals surface area contributed by atoms with Crippen molar-refractivity contribution in [3.8, 4) is 0 Å². The van der Waals surface area contributed by atoms with E-state index in [1.54, 1.807) is 0 Å². The Labute approximate surface area is 114 Å². The molecule has 96 valence electrons. The molecule has 3 heteroatoms. The third-order valence-electron chi connectivity index (χ3n) is 3.03. The highest BCUT2D eigenvalue weighted by Gasteiger charge is 2.31. The van der Waals surface area contributed by atoms with E-state index in [1.165, 1.54) is 32.1 Å². The highest BCUT2D eigenvalue weighted by molar-refractivity contribution is 14.1. The van der Waals surface area contributed by atoms with E-state index in [0.29, 0.717) is 6.61 Å². The van der Waals surface area contributed by atoms with Crippen LogP contribution in [0.25, 0.3) is 0 Å². The summed E-state index contributed by atoms with van der Waals surface area (Å²) in [6.07, 6.45) is 6.48. The number of alkyl halides is 1. The van der Waals surface area contributed by atoms with Gasteiger partial charge in [-0.1, -0.05) is 41.9 Å². The molecule has 0 amide bonds. The lowest BCUT2D eigenvalue weighted by molar-refractivity contribution is -0.0942. The van der Waals surface area contributed by atoms with Crippen molar-refractivity contribution in [3.63, 3.8) is 0 Å². The van der Waals surface area contributed by atoms with Crippen LogP contribution in [0.4, 0.5) is 0 Å². The zero-order valence-corrected chi connectivity index (χ0v) is 13.0. The van der Waals surface area contributed by atoms with Gasteiger partial charge in [0.25, 0.3) is 0 Å². The van der Waals surface area contributed by atoms with Crippen molar-refractivity contribution >= 4 is 22.6 Å². The first kappa shape index (κ1) is 14.7. The normalized spacial score (nSPS) is 21.0. The van der Waals surface area contributed by atoms with Gasteiger partial charge in [0.1, 0.15) is 0 Å². The number of rotatable bonds is 5. The Morgan fingerprint density at radius 3 is 2.19 bits per heavy atom. The van der Waals surface area contributed by atoms with Crippen LogP contribution in [0.2, 0.25) is 0 Å². The summed E-state index contributed by atoms with van der Waals surface area (Å²) in [5, 5.41) is 0. The van der Waals surface area contributed by atoms with Crippen LogP contribution < -0.4 is 0 Å². The van der Waals surface area contributed by atoms with Crippen LogP contribution in [-0.2, 0) is 9.47 Å². The Kier molecular flexibility index (Phi) is 6.02. The minimum Gasteiger partial charge on any atom is -0.373 e. The summed E-state index contributed by atoms with van der Waals surface area (Å²) in [4.78, 5) is 0. The Morgan fingerprint density at radius 1 is 1.06 bits per heavy atom. The predicted octanol–water partition coefficient (Wildman–Crippen LogP) is 3.96. The number of halogens is 1. The zero-order chi connectivity index (χ0) is 12.1. The van der Waals surface area contributed by atoms with Gasteiger partial charge in [0.05, 0.1) is 24.4 Å². The zero-order valence-electron chi connectivity index (χ0n) is 10.9. The lowest BCUT2D eigenvalue weighted by atomic mass is 9.86. The fourth-order valence-electron chi connectivity index (χ4n) is 2.12. The average Bonchev–Trinajstić information content (AvgIpc) is 2.25. The lowest BCUT2D eigenvalue weighted by Gasteiger charge is -2.36. The minimum atomic E-state index is -0.0482. The van der Waals surface area contributed by atoms with E-state index in [-0.39, 0.29) is 11.2 Å². The molecule has 0 bridgehead atoms. The molecule has 0 radical (unpaired) electrons. The Morgan fingerprint density at radius 2 is 1.69 bits per heavy atom. The van der Waals surface area contributed by atoms with Gasteiger partial charge in [-0.05, 0) is 33.6 Å². The molecule has 16 heavy (non-hydrogen) atoms. The largest absolute Gasteiger partial charge is 0.373 e. The van der Waals surface area contributed by atoms with E-state index in [4.69, 9.17) is 9.47 Å². The molecule has 0 atom stereocenters. The van der Waals surface area contributed by atoms with Crippen molar-refractivity contribution in [3.05, 3.63) is 0 Å². The van der Waals surface area contributed by atoms with Crippen LogP contribution in [-0.4, -0.2) is 28.8 Å². The molecule has 0 unspecified atom stereocenters. The smallest absolute Gasteiger partial charge is 0.0772 e. The van der Waals surface area contributed by atoms with Gasteiger partial charge in [0, 0.05) is 4.43 Å². The predicted molar refractivity (Wildman–Crippen MR) is 76.4 cm³/mol. The molecule has 0 saturated heterocycles. The van der Waals surface area contributed by atoms with Crippen LogP contribution >= 0.6 is 22.6 Å². The first-order valence-corrected chi connectivity index (χ1v) is 7.84. The van der Waals surface area contributed by atoms with Crippen molar-refractivity contribution in [1.29, 1.82) is 0 Å². The molecule has 1 rings (SSSR count). The van der Waals surface area contributed by atoms with Crippen molar-refractivity contribution in [2.75, 3.05) is 17.6 Å². The Bertz CT molecular complexity index is 193. The molecule has 0 N–H and O–H groups in total. The summed E-state index contributed by atoms with van der Waals surface area (Å²) in [5.41, 5.74) is 0.105. The third kappa shape index (κ3) is 5.32. The van der Waals surface area contributed by atoms with Crippen molar-refractivity contribution < 1.29 is 9.47 Å². The summed E-state index contributed by atoms with van der Waals surface area (Å²) < 4.78 is 12.9. The molecule has 2 nitrogen and oxygen atoms in total. The van der Waals surface area contributed by atoms with E-state index in [0.717, 1.165) is 11.0 Å². The van der Waals surface area contributed by atoms with Gasteiger partial charge in [-0.15, -0.1) is 0 Å². The standard InChI is InChI=1S/C13H25IO2/c1-12(2,3)15-9-10-16-13(11-14)7-5-4-6-8-13/h4-11H2,1-3H3. The first-order chi connectivity index (χ1) is 7.47. The van der Waals surface area contributed by atoms with Gasteiger partial charge in [-0.3, -0.25) is 0 Å². The third-order valence-corrected chi connectivity index (χ3v) is 4.43. The van der Waals surface area contributed by atoms with Gasteiger partial charge in [-0.25, -0.2) is 0 Å². The molecule has 1 fully saturated rings. The van der Waals surface area contributed by atoms with E-state index >= 15 is 0 Å². The molecule has 0 aromatic rings. The molecule has 0 heterocycles. The van der Waals surface area contributed by atoms with Crippen LogP contribution in [0.3, 0.4) is 0 Å². The summed E-state index contributed by atoms with van der Waals surface area (Å²) in [5.74, 6) is 0. The average molecular weight is 340 g/mol. The second-order valence-corrected chi connectivity index (χ2v) is 6.45. The second-order valence-electron chi connectivity index (χ2n) is 5.69. The molecule has 1 aliphatic rings. The quantitative estimate of drug-likeness (QED) is 0.429. The SMILES string of the molecule is CC(C)(C)OCCOC1(CI)CCCCC1. The molecule has 0 aromatic heterocycles. The fraction of sp³-hybridized carbons (Fsp3) is 1.00. The van der Waals surface area contributed by atoms with Gasteiger partial charge in [-0.2, -0.15) is 0 Å². The molecule has 0 aromatic carbocycles. The highest BCUT2D eigenvalue weighted by atomic mass is 127. The van der Waals surface area contributed by atoms with E-state index in [2.05, 4.69) is 43.4 Å². The Balaban J connectivity index is 2.23. The molecule has 1 aliphatic carbocycles. The van der Waals surface area contributed by atoms with E-state index in [9.17, 15) is 0 Å². The fourth-order valence-corrected chi connectivity index (χ4v) is 3.10. The lowest BCUT2D eigenvalue weighted by Crippen LogP contribution is -2.38. The molecular weight excluding hydrogens is 315 g/mol. The highest BCUT2D eigenvalue weighted by Crippen LogP contribution is 2.33. The van der Waals surface area contributed by atoms with Gasteiger partial charge >= 0.3 is 0 Å².